The van der Waals surface area contributed by atoms with Crippen LogP contribution in [0.25, 0.3) is 0 Å². The molecule has 0 unspecified atom stereocenters. The van der Waals surface area contributed by atoms with Crippen molar-refractivity contribution in [1.29, 1.82) is 0 Å². The monoisotopic (exact) mass is 399 g/mol. The number of aliphatic hydroxyl groups excluding tert-OH is 1. The van der Waals surface area contributed by atoms with Gasteiger partial charge in [-0.05, 0) is 5.56 Å². The van der Waals surface area contributed by atoms with E-state index in [-0.39, 0.29) is 12.5 Å². The lowest BCUT2D eigenvalue weighted by molar-refractivity contribution is -0.345. The highest BCUT2D eigenvalue weighted by Gasteiger charge is 2.50. The van der Waals surface area contributed by atoms with Gasteiger partial charge in [0.25, 0.3) is 0 Å². The number of carbonyl (C=O) groups is 1. The fourth-order valence-corrected chi connectivity index (χ4v) is 3.65. The van der Waals surface area contributed by atoms with Gasteiger partial charge in [0.2, 0.25) is 5.91 Å². The molecular weight excluding hydrogens is 374 g/mol. The van der Waals surface area contributed by atoms with Crippen LogP contribution in [0.15, 0.2) is 60.7 Å². The zero-order valence-corrected chi connectivity index (χ0v) is 16.1. The average molecular weight is 399 g/mol. The number of aliphatic hydroxyl groups is 1. The van der Waals surface area contributed by atoms with Crippen molar-refractivity contribution in [2.24, 2.45) is 0 Å². The molecule has 1 amide bonds. The van der Waals surface area contributed by atoms with Gasteiger partial charge in [0.15, 0.2) is 12.6 Å². The molecule has 2 N–H and O–H groups in total. The first-order valence-electron chi connectivity index (χ1n) is 9.70. The number of carbonyl (C=O) groups excluding carboxylic acids is 1. The van der Waals surface area contributed by atoms with E-state index in [2.05, 4.69) is 5.32 Å². The van der Waals surface area contributed by atoms with E-state index in [1.54, 1.807) is 0 Å². The van der Waals surface area contributed by atoms with Gasteiger partial charge in [0, 0.05) is 12.5 Å². The van der Waals surface area contributed by atoms with Crippen LogP contribution in [0.4, 0.5) is 0 Å². The van der Waals surface area contributed by atoms with Gasteiger partial charge in [-0.15, -0.1) is 0 Å². The maximum absolute atomic E-state index is 11.7. The Morgan fingerprint density at radius 3 is 2.48 bits per heavy atom. The van der Waals surface area contributed by atoms with Gasteiger partial charge in [0.05, 0.1) is 13.2 Å². The molecule has 2 heterocycles. The number of hydrogen-bond donors (Lipinski definition) is 2. The Hall–Kier alpha value is -2.29. The molecular formula is C22H25NO6. The third kappa shape index (κ3) is 4.66. The molecule has 2 saturated heterocycles. The molecule has 0 aliphatic carbocycles. The van der Waals surface area contributed by atoms with Gasteiger partial charge in [-0.2, -0.15) is 0 Å². The van der Waals surface area contributed by atoms with Gasteiger partial charge in [-0.1, -0.05) is 60.7 Å². The normalized spacial score (nSPS) is 31.7. The Bertz CT molecular complexity index is 801. The number of amides is 1. The Labute approximate surface area is 169 Å². The quantitative estimate of drug-likeness (QED) is 0.799. The topological polar surface area (TPSA) is 86.3 Å². The smallest absolute Gasteiger partial charge is 0.217 e. The first kappa shape index (κ1) is 20.0. The second-order valence-corrected chi connectivity index (χ2v) is 7.23. The first-order chi connectivity index (χ1) is 14.1. The second kappa shape index (κ2) is 9.02. The molecule has 0 aromatic heterocycles. The summed E-state index contributed by atoms with van der Waals surface area (Å²) in [6, 6.07) is 18.4. The zero-order chi connectivity index (χ0) is 20.2. The molecule has 6 atom stereocenters. The Kier molecular flexibility index (Phi) is 6.22. The molecule has 29 heavy (non-hydrogen) atoms. The molecule has 2 aliphatic heterocycles. The number of hydrogen-bond acceptors (Lipinski definition) is 6. The van der Waals surface area contributed by atoms with E-state index in [1.807, 2.05) is 60.7 Å². The van der Waals surface area contributed by atoms with Crippen molar-refractivity contribution in [3.63, 3.8) is 0 Å². The number of rotatable bonds is 5. The predicted molar refractivity (Wildman–Crippen MR) is 104 cm³/mol. The summed E-state index contributed by atoms with van der Waals surface area (Å²) in [6.45, 7) is 1.93. The van der Waals surface area contributed by atoms with E-state index in [0.29, 0.717) is 6.61 Å². The van der Waals surface area contributed by atoms with Crippen molar-refractivity contribution in [3.8, 4) is 0 Å². The van der Waals surface area contributed by atoms with E-state index in [9.17, 15) is 9.90 Å². The largest absolute Gasteiger partial charge is 0.388 e. The Morgan fingerprint density at radius 1 is 1.10 bits per heavy atom. The fourth-order valence-electron chi connectivity index (χ4n) is 3.65. The summed E-state index contributed by atoms with van der Waals surface area (Å²) in [5.74, 6) is -0.281. The average Bonchev–Trinajstić information content (AvgIpc) is 2.75. The standard InChI is InChI=1S/C22H25NO6/c1-14(24)23-18-19(25)20-17(13-27-21(29-20)16-10-6-3-7-11-16)28-22(18)26-12-15-8-4-2-5-9-15/h2-11,17-22,25H,12-13H2,1H3,(H,23,24)/t17-,18+,19+,20+,21-,22-/m1/s1. The third-order valence-corrected chi connectivity index (χ3v) is 5.06. The SMILES string of the molecule is CC(=O)N[C@@H]1[C@H](OCc2ccccc2)O[C@@H]2CO[C@@H](c3ccccc3)O[C@@H]2[C@H]1O. The molecule has 0 spiro atoms. The summed E-state index contributed by atoms with van der Waals surface area (Å²) in [7, 11) is 0. The molecule has 0 saturated carbocycles. The maximum atomic E-state index is 11.7. The molecule has 2 fully saturated rings. The lowest BCUT2D eigenvalue weighted by atomic mass is 9.95. The van der Waals surface area contributed by atoms with Crippen LogP contribution in [-0.2, 0) is 30.3 Å². The van der Waals surface area contributed by atoms with Crippen LogP contribution in [0.2, 0.25) is 0 Å². The van der Waals surface area contributed by atoms with Crippen LogP contribution in [0.3, 0.4) is 0 Å². The molecule has 2 aromatic rings. The molecule has 0 bridgehead atoms. The number of nitrogens with one attached hydrogen (secondary N) is 1. The molecule has 154 valence electrons. The van der Waals surface area contributed by atoms with E-state index < -0.39 is 36.9 Å². The van der Waals surface area contributed by atoms with Crippen LogP contribution < -0.4 is 5.32 Å². The van der Waals surface area contributed by atoms with Crippen molar-refractivity contribution >= 4 is 5.91 Å². The van der Waals surface area contributed by atoms with E-state index in [1.165, 1.54) is 6.92 Å². The predicted octanol–water partition coefficient (Wildman–Crippen LogP) is 1.91. The summed E-state index contributed by atoms with van der Waals surface area (Å²) in [6.07, 6.45) is -3.59. The summed E-state index contributed by atoms with van der Waals surface area (Å²) in [5, 5.41) is 13.7. The van der Waals surface area contributed by atoms with Crippen molar-refractivity contribution in [2.75, 3.05) is 6.61 Å². The summed E-state index contributed by atoms with van der Waals surface area (Å²) in [4.78, 5) is 11.7. The van der Waals surface area contributed by atoms with Gasteiger partial charge in [-0.3, -0.25) is 4.79 Å². The summed E-state index contributed by atoms with van der Waals surface area (Å²) >= 11 is 0. The lowest BCUT2D eigenvalue weighted by Gasteiger charge is -2.47. The van der Waals surface area contributed by atoms with Crippen LogP contribution in [0, 0.1) is 0 Å². The number of ether oxygens (including phenoxy) is 4. The molecule has 7 nitrogen and oxygen atoms in total. The van der Waals surface area contributed by atoms with E-state index in [0.717, 1.165) is 11.1 Å². The number of benzene rings is 2. The molecule has 2 aliphatic rings. The van der Waals surface area contributed by atoms with Gasteiger partial charge in [-0.25, -0.2) is 0 Å². The minimum Gasteiger partial charge on any atom is -0.388 e. The number of fused-ring (bicyclic) bond motifs is 1. The van der Waals surface area contributed by atoms with Crippen molar-refractivity contribution in [2.45, 2.75) is 50.5 Å². The lowest BCUT2D eigenvalue weighted by Crippen LogP contribution is -2.66. The molecule has 2 aromatic carbocycles. The Morgan fingerprint density at radius 2 is 1.79 bits per heavy atom. The fraction of sp³-hybridized carbons (Fsp3) is 0.409. The van der Waals surface area contributed by atoms with E-state index >= 15 is 0 Å². The highest BCUT2D eigenvalue weighted by molar-refractivity contribution is 5.73. The highest BCUT2D eigenvalue weighted by atomic mass is 16.7. The second-order valence-electron chi connectivity index (χ2n) is 7.23. The summed E-state index contributed by atoms with van der Waals surface area (Å²) < 4.78 is 23.8. The summed E-state index contributed by atoms with van der Waals surface area (Å²) in [5.41, 5.74) is 1.83. The van der Waals surface area contributed by atoms with Gasteiger partial charge < -0.3 is 29.4 Å². The van der Waals surface area contributed by atoms with Gasteiger partial charge in [0.1, 0.15) is 24.4 Å². The van der Waals surface area contributed by atoms with Crippen molar-refractivity contribution < 1.29 is 28.8 Å². The highest BCUT2D eigenvalue weighted by Crippen LogP contribution is 2.34. The first-order valence-corrected chi connectivity index (χ1v) is 9.70. The maximum Gasteiger partial charge on any atom is 0.217 e. The minimum absolute atomic E-state index is 0.249. The van der Waals surface area contributed by atoms with E-state index in [4.69, 9.17) is 18.9 Å². The van der Waals surface area contributed by atoms with Crippen LogP contribution in [-0.4, -0.2) is 48.3 Å². The molecule has 4 rings (SSSR count). The Balaban J connectivity index is 1.48. The minimum atomic E-state index is -1.01. The molecule has 0 radical (unpaired) electrons. The van der Waals surface area contributed by atoms with Crippen LogP contribution in [0.5, 0.6) is 0 Å². The third-order valence-electron chi connectivity index (χ3n) is 5.06. The van der Waals surface area contributed by atoms with Crippen molar-refractivity contribution in [1.82, 2.24) is 5.32 Å². The van der Waals surface area contributed by atoms with Crippen LogP contribution in [0.1, 0.15) is 24.3 Å². The van der Waals surface area contributed by atoms with Crippen LogP contribution >= 0.6 is 0 Å². The zero-order valence-electron chi connectivity index (χ0n) is 16.1. The molecule has 7 heteroatoms. The van der Waals surface area contributed by atoms with Crippen molar-refractivity contribution in [3.05, 3.63) is 71.8 Å². The van der Waals surface area contributed by atoms with Gasteiger partial charge >= 0.3 is 0 Å².